The third kappa shape index (κ3) is 4.41. The lowest BCUT2D eigenvalue weighted by Crippen LogP contribution is -2.25. The number of carbonyl (C=O) groups is 1. The summed E-state index contributed by atoms with van der Waals surface area (Å²) in [6, 6.07) is 15.2. The highest BCUT2D eigenvalue weighted by Gasteiger charge is 2.28. The van der Waals surface area contributed by atoms with Crippen molar-refractivity contribution in [1.29, 1.82) is 0 Å². The first-order valence-corrected chi connectivity index (χ1v) is 10.8. The first-order chi connectivity index (χ1) is 14.4. The molecule has 2 heterocycles. The van der Waals surface area contributed by atoms with Crippen molar-refractivity contribution in [1.82, 2.24) is 4.98 Å². The molecule has 0 bridgehead atoms. The molecule has 0 aliphatic carbocycles. The van der Waals surface area contributed by atoms with Crippen molar-refractivity contribution in [3.63, 3.8) is 0 Å². The van der Waals surface area contributed by atoms with E-state index in [1.807, 2.05) is 0 Å². The monoisotopic (exact) mass is 427 g/mol. The summed E-state index contributed by atoms with van der Waals surface area (Å²) in [7, 11) is -3.32. The second-order valence-corrected chi connectivity index (χ2v) is 8.70. The normalized spacial score (nSPS) is 15.0. The van der Waals surface area contributed by atoms with Crippen LogP contribution in [0.3, 0.4) is 0 Å². The molecule has 0 atom stereocenters. The molecule has 1 aromatic heterocycles. The van der Waals surface area contributed by atoms with Gasteiger partial charge >= 0.3 is 0 Å². The molecule has 154 valence electrons. The molecule has 1 fully saturated rings. The Morgan fingerprint density at radius 1 is 1.10 bits per heavy atom. The molecular formula is C21H18FN3O4S. The Labute approximate surface area is 173 Å². The number of nitrogens with zero attached hydrogens (tertiary/aromatic N) is 2. The van der Waals surface area contributed by atoms with Crippen molar-refractivity contribution >= 4 is 27.3 Å². The van der Waals surface area contributed by atoms with Gasteiger partial charge in [0.25, 0.3) is 5.91 Å². The fourth-order valence-corrected chi connectivity index (χ4v) is 4.63. The number of aromatic nitrogens is 1. The standard InChI is InChI=1S/C21H18FN3O4S/c22-16-5-8-19(9-6-16)29-20-10-7-17(14-23-20)24-21(26)15-3-1-4-18(13-15)25-11-2-12-30(25,27)28/h1,3-10,13-14H,2,11-12H2,(H,24,26). The van der Waals surface area contributed by atoms with E-state index in [0.29, 0.717) is 41.5 Å². The van der Waals surface area contributed by atoms with Gasteiger partial charge in [-0.25, -0.2) is 17.8 Å². The number of carbonyl (C=O) groups excluding carboxylic acids is 1. The number of halogens is 1. The van der Waals surface area contributed by atoms with Crippen LogP contribution in [0, 0.1) is 5.82 Å². The van der Waals surface area contributed by atoms with Crippen LogP contribution in [0.1, 0.15) is 16.8 Å². The first-order valence-electron chi connectivity index (χ1n) is 9.22. The van der Waals surface area contributed by atoms with E-state index in [4.69, 9.17) is 4.74 Å². The van der Waals surface area contributed by atoms with E-state index in [1.54, 1.807) is 36.4 Å². The molecule has 0 unspecified atom stereocenters. The minimum Gasteiger partial charge on any atom is -0.439 e. The molecule has 0 spiro atoms. The summed E-state index contributed by atoms with van der Waals surface area (Å²) in [4.78, 5) is 16.7. The summed E-state index contributed by atoms with van der Waals surface area (Å²) in [5.41, 5.74) is 1.26. The number of rotatable bonds is 5. The third-order valence-corrected chi connectivity index (χ3v) is 6.40. The molecule has 1 amide bonds. The maximum atomic E-state index is 12.9. The average Bonchev–Trinajstić information content (AvgIpc) is 3.10. The fraction of sp³-hybridized carbons (Fsp3) is 0.143. The number of nitrogens with one attached hydrogen (secondary N) is 1. The molecule has 3 aromatic rings. The lowest BCUT2D eigenvalue weighted by Gasteiger charge is -2.17. The quantitative estimate of drug-likeness (QED) is 0.669. The van der Waals surface area contributed by atoms with Crippen LogP contribution in [0.4, 0.5) is 15.8 Å². The van der Waals surface area contributed by atoms with Crippen LogP contribution >= 0.6 is 0 Å². The van der Waals surface area contributed by atoms with E-state index in [0.717, 1.165) is 0 Å². The zero-order valence-corrected chi connectivity index (χ0v) is 16.6. The van der Waals surface area contributed by atoms with Gasteiger partial charge in [-0.3, -0.25) is 9.10 Å². The van der Waals surface area contributed by atoms with Crippen LogP contribution in [0.2, 0.25) is 0 Å². The summed E-state index contributed by atoms with van der Waals surface area (Å²) < 4.78 is 44.0. The molecule has 0 saturated carbocycles. The Morgan fingerprint density at radius 2 is 1.90 bits per heavy atom. The molecule has 9 heteroatoms. The molecule has 1 N–H and O–H groups in total. The highest BCUT2D eigenvalue weighted by Crippen LogP contribution is 2.25. The third-order valence-electron chi connectivity index (χ3n) is 4.53. The average molecular weight is 427 g/mol. The fourth-order valence-electron chi connectivity index (χ4n) is 3.07. The highest BCUT2D eigenvalue weighted by atomic mass is 32.2. The topological polar surface area (TPSA) is 88.6 Å². The number of hydrogen-bond acceptors (Lipinski definition) is 5. The van der Waals surface area contributed by atoms with Gasteiger partial charge < -0.3 is 10.1 Å². The lowest BCUT2D eigenvalue weighted by atomic mass is 10.2. The second-order valence-electron chi connectivity index (χ2n) is 6.69. The smallest absolute Gasteiger partial charge is 0.255 e. The zero-order valence-electron chi connectivity index (χ0n) is 15.8. The molecule has 0 radical (unpaired) electrons. The Hall–Kier alpha value is -3.46. The van der Waals surface area contributed by atoms with Gasteiger partial charge in [-0.15, -0.1) is 0 Å². The molecule has 1 saturated heterocycles. The van der Waals surface area contributed by atoms with Gasteiger partial charge in [0, 0.05) is 18.2 Å². The van der Waals surface area contributed by atoms with E-state index in [1.165, 1.54) is 34.8 Å². The van der Waals surface area contributed by atoms with E-state index >= 15 is 0 Å². The summed E-state index contributed by atoms with van der Waals surface area (Å²) >= 11 is 0. The molecule has 4 rings (SSSR count). The Morgan fingerprint density at radius 3 is 2.57 bits per heavy atom. The number of hydrogen-bond donors (Lipinski definition) is 1. The van der Waals surface area contributed by atoms with Crippen LogP contribution in [0.25, 0.3) is 0 Å². The van der Waals surface area contributed by atoms with Crippen molar-refractivity contribution < 1.29 is 22.3 Å². The second kappa shape index (κ2) is 8.11. The molecule has 30 heavy (non-hydrogen) atoms. The number of pyridine rings is 1. The van der Waals surface area contributed by atoms with Crippen molar-refractivity contribution in [2.45, 2.75) is 6.42 Å². The number of anilines is 2. The number of benzene rings is 2. The largest absolute Gasteiger partial charge is 0.439 e. The van der Waals surface area contributed by atoms with Gasteiger partial charge in [0.15, 0.2) is 0 Å². The van der Waals surface area contributed by atoms with Crippen molar-refractivity contribution in [3.05, 3.63) is 78.2 Å². The minimum atomic E-state index is -3.32. The molecule has 7 nitrogen and oxygen atoms in total. The van der Waals surface area contributed by atoms with Crippen molar-refractivity contribution in [3.8, 4) is 11.6 Å². The van der Waals surface area contributed by atoms with Crippen LogP contribution < -0.4 is 14.4 Å². The maximum absolute atomic E-state index is 12.9. The number of ether oxygens (including phenoxy) is 1. The Bertz CT molecular complexity index is 1170. The van der Waals surface area contributed by atoms with Gasteiger partial charge in [-0.2, -0.15) is 0 Å². The van der Waals surface area contributed by atoms with E-state index < -0.39 is 10.0 Å². The predicted octanol–water partition coefficient (Wildman–Crippen LogP) is 3.81. The predicted molar refractivity (Wildman–Crippen MR) is 111 cm³/mol. The minimum absolute atomic E-state index is 0.113. The summed E-state index contributed by atoms with van der Waals surface area (Å²) in [6.07, 6.45) is 2.00. The van der Waals surface area contributed by atoms with Gasteiger partial charge in [-0.05, 0) is 55.0 Å². The van der Waals surface area contributed by atoms with Crippen molar-refractivity contribution in [2.24, 2.45) is 0 Å². The molecular weight excluding hydrogens is 409 g/mol. The molecule has 2 aromatic carbocycles. The highest BCUT2D eigenvalue weighted by molar-refractivity contribution is 7.93. The lowest BCUT2D eigenvalue weighted by molar-refractivity contribution is 0.102. The molecule has 1 aliphatic heterocycles. The maximum Gasteiger partial charge on any atom is 0.255 e. The Balaban J connectivity index is 1.44. The summed E-state index contributed by atoms with van der Waals surface area (Å²) in [6.45, 7) is 0.410. The number of sulfonamides is 1. The van der Waals surface area contributed by atoms with Crippen LogP contribution in [0.5, 0.6) is 11.6 Å². The van der Waals surface area contributed by atoms with Crippen LogP contribution in [0.15, 0.2) is 66.9 Å². The number of amides is 1. The van der Waals surface area contributed by atoms with Crippen LogP contribution in [-0.4, -0.2) is 31.6 Å². The molecule has 1 aliphatic rings. The van der Waals surface area contributed by atoms with Gasteiger partial charge in [-0.1, -0.05) is 6.07 Å². The first kappa shape index (κ1) is 19.8. The van der Waals surface area contributed by atoms with Gasteiger partial charge in [0.1, 0.15) is 11.6 Å². The van der Waals surface area contributed by atoms with E-state index in [-0.39, 0.29) is 17.5 Å². The van der Waals surface area contributed by atoms with Gasteiger partial charge in [0.2, 0.25) is 15.9 Å². The zero-order chi connectivity index (χ0) is 21.1. The van der Waals surface area contributed by atoms with Gasteiger partial charge in [0.05, 0.1) is 23.3 Å². The Kier molecular flexibility index (Phi) is 5.37. The van der Waals surface area contributed by atoms with E-state index in [2.05, 4.69) is 10.3 Å². The van der Waals surface area contributed by atoms with E-state index in [9.17, 15) is 17.6 Å². The summed E-state index contributed by atoms with van der Waals surface area (Å²) in [5, 5.41) is 2.72. The van der Waals surface area contributed by atoms with Crippen LogP contribution in [-0.2, 0) is 10.0 Å². The summed E-state index contributed by atoms with van der Waals surface area (Å²) in [5.74, 6) is 0.0963. The SMILES string of the molecule is O=C(Nc1ccc(Oc2ccc(F)cc2)nc1)c1cccc(N2CCCS2(=O)=O)c1. The van der Waals surface area contributed by atoms with Crippen molar-refractivity contribution in [2.75, 3.05) is 21.9 Å².